The molecule has 17 heavy (non-hydrogen) atoms. The molecule has 0 fully saturated rings. The van der Waals surface area contributed by atoms with E-state index in [1.54, 1.807) is 0 Å². The van der Waals surface area contributed by atoms with Crippen LogP contribution < -0.4 is 10.5 Å². The molecule has 0 aromatic heterocycles. The van der Waals surface area contributed by atoms with Gasteiger partial charge < -0.3 is 10.5 Å². The molecule has 0 aliphatic heterocycles. The summed E-state index contributed by atoms with van der Waals surface area (Å²) in [7, 11) is 0. The number of anilines is 1. The maximum atomic E-state index is 5.85. The van der Waals surface area contributed by atoms with Gasteiger partial charge in [-0.3, -0.25) is 0 Å². The van der Waals surface area contributed by atoms with Gasteiger partial charge in [-0.1, -0.05) is 12.1 Å². The summed E-state index contributed by atoms with van der Waals surface area (Å²) < 4.78 is 5.77. The molecule has 0 heterocycles. The summed E-state index contributed by atoms with van der Waals surface area (Å²) in [5.41, 5.74) is 10.2. The number of nitrogens with two attached hydrogens (primary N) is 1. The molecular weight excluding hydrogens is 210 g/mol. The molecule has 0 saturated heterocycles. The molecule has 0 amide bonds. The van der Waals surface area contributed by atoms with Gasteiger partial charge in [-0.05, 0) is 55.7 Å². The fourth-order valence-electron chi connectivity index (χ4n) is 1.60. The third-order valence-corrected chi connectivity index (χ3v) is 2.96. The summed E-state index contributed by atoms with van der Waals surface area (Å²) in [4.78, 5) is 0. The SMILES string of the molecule is Cc1ccc(Oc2ccc(C)c(N)c2)cc1C. The topological polar surface area (TPSA) is 35.2 Å². The van der Waals surface area contributed by atoms with Crippen molar-refractivity contribution < 1.29 is 4.74 Å². The Kier molecular flexibility index (Phi) is 3.05. The minimum absolute atomic E-state index is 0.756. The van der Waals surface area contributed by atoms with Crippen molar-refractivity contribution in [2.75, 3.05) is 5.73 Å². The zero-order valence-electron chi connectivity index (χ0n) is 10.4. The van der Waals surface area contributed by atoms with E-state index >= 15 is 0 Å². The molecule has 0 radical (unpaired) electrons. The Hall–Kier alpha value is -1.96. The first-order chi connectivity index (χ1) is 8.06. The lowest BCUT2D eigenvalue weighted by Crippen LogP contribution is -1.91. The van der Waals surface area contributed by atoms with Crippen molar-refractivity contribution in [2.24, 2.45) is 0 Å². The molecule has 2 rings (SSSR count). The molecule has 0 saturated carbocycles. The molecule has 2 aromatic rings. The Balaban J connectivity index is 2.25. The fraction of sp³-hybridized carbons (Fsp3) is 0.200. The Morgan fingerprint density at radius 2 is 1.35 bits per heavy atom. The predicted octanol–water partition coefficient (Wildman–Crippen LogP) is 3.99. The number of aryl methyl sites for hydroxylation is 3. The third kappa shape index (κ3) is 2.59. The van der Waals surface area contributed by atoms with Gasteiger partial charge in [0.2, 0.25) is 0 Å². The first-order valence-corrected chi connectivity index (χ1v) is 5.67. The lowest BCUT2D eigenvalue weighted by molar-refractivity contribution is 0.482. The van der Waals surface area contributed by atoms with E-state index in [0.29, 0.717) is 0 Å². The molecule has 0 aliphatic carbocycles. The van der Waals surface area contributed by atoms with Crippen LogP contribution in [-0.4, -0.2) is 0 Å². The quantitative estimate of drug-likeness (QED) is 0.787. The molecule has 2 heteroatoms. The van der Waals surface area contributed by atoms with Gasteiger partial charge >= 0.3 is 0 Å². The van der Waals surface area contributed by atoms with Crippen LogP contribution >= 0.6 is 0 Å². The lowest BCUT2D eigenvalue weighted by atomic mass is 10.1. The number of nitrogen functional groups attached to an aromatic ring is 1. The zero-order chi connectivity index (χ0) is 12.4. The second-order valence-electron chi connectivity index (χ2n) is 4.37. The van der Waals surface area contributed by atoms with Crippen LogP contribution in [0.1, 0.15) is 16.7 Å². The summed E-state index contributed by atoms with van der Waals surface area (Å²) in [5.74, 6) is 1.62. The fourth-order valence-corrected chi connectivity index (χ4v) is 1.60. The van der Waals surface area contributed by atoms with E-state index in [-0.39, 0.29) is 0 Å². The largest absolute Gasteiger partial charge is 0.457 e. The molecule has 88 valence electrons. The van der Waals surface area contributed by atoms with Gasteiger partial charge in [0.1, 0.15) is 11.5 Å². The van der Waals surface area contributed by atoms with Crippen LogP contribution in [-0.2, 0) is 0 Å². The molecule has 0 aliphatic rings. The summed E-state index contributed by atoms with van der Waals surface area (Å²) in [6.45, 7) is 6.14. The van der Waals surface area contributed by atoms with Gasteiger partial charge in [-0.25, -0.2) is 0 Å². The molecule has 0 unspecified atom stereocenters. The maximum absolute atomic E-state index is 5.85. The van der Waals surface area contributed by atoms with Gasteiger partial charge in [-0.15, -0.1) is 0 Å². The molecule has 2 N–H and O–H groups in total. The van der Waals surface area contributed by atoms with E-state index in [1.165, 1.54) is 11.1 Å². The summed E-state index contributed by atoms with van der Waals surface area (Å²) in [5, 5.41) is 0. The van der Waals surface area contributed by atoms with E-state index in [2.05, 4.69) is 19.9 Å². The Morgan fingerprint density at radius 1 is 0.765 bits per heavy atom. The summed E-state index contributed by atoms with van der Waals surface area (Å²) in [6.07, 6.45) is 0. The number of benzene rings is 2. The molecule has 0 bridgehead atoms. The van der Waals surface area contributed by atoms with Crippen molar-refractivity contribution in [1.82, 2.24) is 0 Å². The standard InChI is InChI=1S/C15H17NO/c1-10-4-6-13(8-12(10)3)17-14-7-5-11(2)15(16)9-14/h4-9H,16H2,1-3H3. The number of ether oxygens (including phenoxy) is 1. The number of rotatable bonds is 2. The minimum atomic E-state index is 0.756. The van der Waals surface area contributed by atoms with E-state index in [4.69, 9.17) is 10.5 Å². The highest BCUT2D eigenvalue weighted by Gasteiger charge is 2.01. The van der Waals surface area contributed by atoms with Gasteiger partial charge in [0.25, 0.3) is 0 Å². The van der Waals surface area contributed by atoms with E-state index in [9.17, 15) is 0 Å². The molecule has 2 nitrogen and oxygen atoms in total. The Morgan fingerprint density at radius 3 is 1.94 bits per heavy atom. The van der Waals surface area contributed by atoms with Crippen LogP contribution in [0.25, 0.3) is 0 Å². The second-order valence-corrected chi connectivity index (χ2v) is 4.37. The van der Waals surface area contributed by atoms with Crippen molar-refractivity contribution in [3.63, 3.8) is 0 Å². The monoisotopic (exact) mass is 227 g/mol. The van der Waals surface area contributed by atoms with Crippen LogP contribution in [0.5, 0.6) is 11.5 Å². The first kappa shape index (κ1) is 11.5. The van der Waals surface area contributed by atoms with Gasteiger partial charge in [0.15, 0.2) is 0 Å². The van der Waals surface area contributed by atoms with E-state index in [0.717, 1.165) is 22.7 Å². The van der Waals surface area contributed by atoms with Crippen LogP contribution in [0.3, 0.4) is 0 Å². The van der Waals surface area contributed by atoms with E-state index in [1.807, 2.05) is 37.3 Å². The summed E-state index contributed by atoms with van der Waals surface area (Å²) >= 11 is 0. The highest BCUT2D eigenvalue weighted by molar-refractivity contribution is 5.51. The molecular formula is C15H17NO. The number of hydrogen-bond acceptors (Lipinski definition) is 2. The Bertz CT molecular complexity index is 497. The van der Waals surface area contributed by atoms with Crippen molar-refractivity contribution in [1.29, 1.82) is 0 Å². The molecule has 2 aromatic carbocycles. The van der Waals surface area contributed by atoms with Crippen molar-refractivity contribution in [2.45, 2.75) is 20.8 Å². The Labute approximate surface area is 102 Å². The molecule has 0 atom stereocenters. The van der Waals surface area contributed by atoms with Gasteiger partial charge in [-0.2, -0.15) is 0 Å². The molecule has 0 spiro atoms. The summed E-state index contributed by atoms with van der Waals surface area (Å²) in [6, 6.07) is 11.8. The zero-order valence-corrected chi connectivity index (χ0v) is 10.4. The van der Waals surface area contributed by atoms with Crippen molar-refractivity contribution in [3.05, 3.63) is 53.1 Å². The van der Waals surface area contributed by atoms with Crippen LogP contribution in [0.4, 0.5) is 5.69 Å². The maximum Gasteiger partial charge on any atom is 0.129 e. The van der Waals surface area contributed by atoms with Crippen LogP contribution in [0, 0.1) is 20.8 Å². The van der Waals surface area contributed by atoms with E-state index < -0.39 is 0 Å². The van der Waals surface area contributed by atoms with Crippen molar-refractivity contribution in [3.8, 4) is 11.5 Å². The first-order valence-electron chi connectivity index (χ1n) is 5.67. The average Bonchev–Trinajstić information content (AvgIpc) is 2.29. The third-order valence-electron chi connectivity index (χ3n) is 2.96. The van der Waals surface area contributed by atoms with Crippen LogP contribution in [0.15, 0.2) is 36.4 Å². The highest BCUT2D eigenvalue weighted by atomic mass is 16.5. The van der Waals surface area contributed by atoms with Crippen LogP contribution in [0.2, 0.25) is 0 Å². The minimum Gasteiger partial charge on any atom is -0.457 e. The van der Waals surface area contributed by atoms with Gasteiger partial charge in [0.05, 0.1) is 0 Å². The van der Waals surface area contributed by atoms with Crippen molar-refractivity contribution >= 4 is 5.69 Å². The van der Waals surface area contributed by atoms with Gasteiger partial charge in [0, 0.05) is 11.8 Å². The predicted molar refractivity (Wildman–Crippen MR) is 71.6 cm³/mol. The second kappa shape index (κ2) is 4.50. The normalized spacial score (nSPS) is 10.3. The smallest absolute Gasteiger partial charge is 0.129 e. The number of hydrogen-bond donors (Lipinski definition) is 1. The highest BCUT2D eigenvalue weighted by Crippen LogP contribution is 2.26. The average molecular weight is 227 g/mol. The lowest BCUT2D eigenvalue weighted by Gasteiger charge is -2.09.